The maximum Gasteiger partial charge on any atom is 0.143 e. The van der Waals surface area contributed by atoms with E-state index in [4.69, 9.17) is 10.8 Å². The minimum Gasteiger partial charge on any atom is -0.329 e. The molecule has 0 bridgehead atoms. The number of hydrogen-bond acceptors (Lipinski definition) is 2. The summed E-state index contributed by atoms with van der Waals surface area (Å²) >= 11 is 0. The van der Waals surface area contributed by atoms with Crippen molar-refractivity contribution in [2.75, 3.05) is 6.54 Å². The van der Waals surface area contributed by atoms with Gasteiger partial charge in [0.15, 0.2) is 0 Å². The molecule has 0 amide bonds. The molecular weight excluding hydrogens is 162 g/mol. The third kappa shape index (κ3) is 4.95. The van der Waals surface area contributed by atoms with Crippen molar-refractivity contribution in [2.24, 2.45) is 0 Å². The Kier molecular flexibility index (Phi) is 5.52. The van der Waals surface area contributed by atoms with Crippen LogP contribution >= 0.6 is 0 Å². The summed E-state index contributed by atoms with van der Waals surface area (Å²) in [7, 11) is 0. The van der Waals surface area contributed by atoms with Gasteiger partial charge in [-0.05, 0) is 20.8 Å². The van der Waals surface area contributed by atoms with Gasteiger partial charge in [-0.2, -0.15) is 0 Å². The number of hydrogen-bond donors (Lipinski definition) is 2. The van der Waals surface area contributed by atoms with E-state index in [1.54, 1.807) is 4.90 Å². The molecule has 0 heterocycles. The van der Waals surface area contributed by atoms with Gasteiger partial charge in [0.2, 0.25) is 0 Å². The SMILES string of the molecule is C/C=C\CN(C=C(C)C)C(=N)C=N. The third-order valence-corrected chi connectivity index (χ3v) is 1.40. The van der Waals surface area contributed by atoms with Crippen molar-refractivity contribution < 1.29 is 0 Å². The first-order valence-electron chi connectivity index (χ1n) is 4.23. The summed E-state index contributed by atoms with van der Waals surface area (Å²) in [6.07, 6.45) is 6.80. The fourth-order valence-corrected chi connectivity index (χ4v) is 0.834. The van der Waals surface area contributed by atoms with Crippen LogP contribution in [0.5, 0.6) is 0 Å². The Morgan fingerprint density at radius 3 is 2.38 bits per heavy atom. The Hall–Kier alpha value is -1.38. The second-order valence-electron chi connectivity index (χ2n) is 2.96. The first kappa shape index (κ1) is 11.6. The highest BCUT2D eigenvalue weighted by molar-refractivity contribution is 6.26. The molecule has 0 saturated heterocycles. The Labute approximate surface area is 79.8 Å². The van der Waals surface area contributed by atoms with Gasteiger partial charge in [-0.25, -0.2) is 0 Å². The first-order valence-corrected chi connectivity index (χ1v) is 4.23. The van der Waals surface area contributed by atoms with Gasteiger partial charge in [0.25, 0.3) is 0 Å². The zero-order valence-corrected chi connectivity index (χ0v) is 8.46. The molecule has 0 fully saturated rings. The standard InChI is InChI=1S/C10H17N3/c1-4-5-6-13(8-9(2)3)10(12)7-11/h4-5,7-8,11-12H,6H2,1-3H3/b5-4-,11-7?,12-10?. The van der Waals surface area contributed by atoms with Gasteiger partial charge in [-0.3, -0.25) is 5.41 Å². The second kappa shape index (κ2) is 6.17. The molecule has 13 heavy (non-hydrogen) atoms. The lowest BCUT2D eigenvalue weighted by Gasteiger charge is -2.16. The lowest BCUT2D eigenvalue weighted by molar-refractivity contribution is 0.620. The molecule has 0 saturated carbocycles. The second-order valence-corrected chi connectivity index (χ2v) is 2.96. The van der Waals surface area contributed by atoms with Crippen LogP contribution in [-0.2, 0) is 0 Å². The first-order chi connectivity index (χ1) is 6.11. The highest BCUT2D eigenvalue weighted by Gasteiger charge is 2.00. The molecule has 0 atom stereocenters. The molecule has 0 unspecified atom stereocenters. The Bertz CT molecular complexity index is 235. The van der Waals surface area contributed by atoms with Crippen LogP contribution in [0.15, 0.2) is 23.9 Å². The van der Waals surface area contributed by atoms with Crippen molar-refractivity contribution in [2.45, 2.75) is 20.8 Å². The summed E-state index contributed by atoms with van der Waals surface area (Å²) in [5.41, 5.74) is 1.12. The molecule has 3 heteroatoms. The van der Waals surface area contributed by atoms with Crippen molar-refractivity contribution in [1.82, 2.24) is 4.90 Å². The maximum atomic E-state index is 7.47. The van der Waals surface area contributed by atoms with Crippen molar-refractivity contribution >= 4 is 12.1 Å². The fourth-order valence-electron chi connectivity index (χ4n) is 0.834. The molecule has 3 nitrogen and oxygen atoms in total. The van der Waals surface area contributed by atoms with Crippen LogP contribution in [0.2, 0.25) is 0 Å². The van der Waals surface area contributed by atoms with Crippen LogP contribution in [0.25, 0.3) is 0 Å². The molecule has 0 spiro atoms. The minimum absolute atomic E-state index is 0.208. The zero-order valence-electron chi connectivity index (χ0n) is 8.46. The predicted molar refractivity (Wildman–Crippen MR) is 57.5 cm³/mol. The molecule has 0 aromatic heterocycles. The van der Waals surface area contributed by atoms with Crippen LogP contribution in [0.1, 0.15) is 20.8 Å². The van der Waals surface area contributed by atoms with E-state index < -0.39 is 0 Å². The van der Waals surface area contributed by atoms with E-state index in [0.717, 1.165) is 11.8 Å². The molecule has 0 aliphatic carbocycles. The summed E-state index contributed by atoms with van der Waals surface area (Å²) in [4.78, 5) is 1.72. The molecule has 0 aliphatic rings. The third-order valence-electron chi connectivity index (χ3n) is 1.40. The quantitative estimate of drug-likeness (QED) is 0.388. The molecule has 0 aromatic carbocycles. The van der Waals surface area contributed by atoms with E-state index in [0.29, 0.717) is 6.54 Å². The average Bonchev–Trinajstić information content (AvgIpc) is 2.10. The topological polar surface area (TPSA) is 50.9 Å². The van der Waals surface area contributed by atoms with Gasteiger partial charge < -0.3 is 10.3 Å². The minimum atomic E-state index is 0.208. The van der Waals surface area contributed by atoms with Crippen LogP contribution in [0, 0.1) is 10.8 Å². The lowest BCUT2D eigenvalue weighted by Crippen LogP contribution is -2.26. The van der Waals surface area contributed by atoms with E-state index >= 15 is 0 Å². The number of amidine groups is 1. The van der Waals surface area contributed by atoms with Crippen molar-refractivity contribution in [3.8, 4) is 0 Å². The number of rotatable bonds is 4. The van der Waals surface area contributed by atoms with E-state index in [2.05, 4.69) is 0 Å². The molecule has 72 valence electrons. The Balaban J connectivity index is 4.45. The van der Waals surface area contributed by atoms with Crippen LogP contribution in [0.4, 0.5) is 0 Å². The van der Waals surface area contributed by atoms with Gasteiger partial charge in [0.1, 0.15) is 5.84 Å². The van der Waals surface area contributed by atoms with Gasteiger partial charge in [-0.1, -0.05) is 17.7 Å². The van der Waals surface area contributed by atoms with E-state index in [-0.39, 0.29) is 5.84 Å². The van der Waals surface area contributed by atoms with Crippen molar-refractivity contribution in [1.29, 1.82) is 10.8 Å². The van der Waals surface area contributed by atoms with Crippen LogP contribution in [-0.4, -0.2) is 23.5 Å². The van der Waals surface area contributed by atoms with Gasteiger partial charge >= 0.3 is 0 Å². The number of nitrogens with one attached hydrogen (secondary N) is 2. The van der Waals surface area contributed by atoms with Crippen molar-refractivity contribution in [3.05, 3.63) is 23.9 Å². The summed E-state index contributed by atoms with van der Waals surface area (Å²) in [5, 5.41) is 14.4. The maximum absolute atomic E-state index is 7.47. The number of allylic oxidation sites excluding steroid dienone is 2. The molecule has 0 rings (SSSR count). The average molecular weight is 179 g/mol. The highest BCUT2D eigenvalue weighted by Crippen LogP contribution is 1.97. The molecular formula is C10H17N3. The fraction of sp³-hybridized carbons (Fsp3) is 0.400. The summed E-state index contributed by atoms with van der Waals surface area (Å²) in [5.74, 6) is 0.208. The largest absolute Gasteiger partial charge is 0.329 e. The number of nitrogens with zero attached hydrogens (tertiary/aromatic N) is 1. The van der Waals surface area contributed by atoms with E-state index in [9.17, 15) is 0 Å². The Morgan fingerprint density at radius 2 is 2.00 bits per heavy atom. The van der Waals surface area contributed by atoms with Crippen molar-refractivity contribution in [3.63, 3.8) is 0 Å². The molecule has 0 aromatic rings. The van der Waals surface area contributed by atoms with Crippen LogP contribution in [0.3, 0.4) is 0 Å². The predicted octanol–water partition coefficient (Wildman–Crippen LogP) is 2.42. The van der Waals surface area contributed by atoms with E-state index in [1.165, 1.54) is 0 Å². The van der Waals surface area contributed by atoms with Gasteiger partial charge in [-0.15, -0.1) is 0 Å². The highest BCUT2D eigenvalue weighted by atomic mass is 15.1. The normalized spacial score (nSPS) is 9.77. The molecule has 2 N–H and O–H groups in total. The van der Waals surface area contributed by atoms with Crippen LogP contribution < -0.4 is 0 Å². The van der Waals surface area contributed by atoms with E-state index in [1.807, 2.05) is 39.1 Å². The molecule has 0 radical (unpaired) electrons. The molecule has 0 aliphatic heterocycles. The smallest absolute Gasteiger partial charge is 0.143 e. The summed E-state index contributed by atoms with van der Waals surface area (Å²) in [6, 6.07) is 0. The monoisotopic (exact) mass is 179 g/mol. The zero-order chi connectivity index (χ0) is 10.3. The Morgan fingerprint density at radius 1 is 1.38 bits per heavy atom. The van der Waals surface area contributed by atoms with Gasteiger partial charge in [0, 0.05) is 12.7 Å². The summed E-state index contributed by atoms with van der Waals surface area (Å²) in [6.45, 7) is 6.53. The summed E-state index contributed by atoms with van der Waals surface area (Å²) < 4.78 is 0. The van der Waals surface area contributed by atoms with Gasteiger partial charge in [0.05, 0.1) is 6.21 Å². The lowest BCUT2D eigenvalue weighted by atomic mass is 10.3.